The van der Waals surface area contributed by atoms with Crippen LogP contribution in [0.5, 0.6) is 0 Å². The first-order chi connectivity index (χ1) is 16.6. The zero-order chi connectivity index (χ0) is 25.2. The summed E-state index contributed by atoms with van der Waals surface area (Å²) in [4.78, 5) is 27.8. The number of aromatic nitrogens is 3. The molecule has 3 heterocycles. The first-order valence-electron chi connectivity index (χ1n) is 11.3. The molecule has 0 bridgehead atoms. The van der Waals surface area contributed by atoms with Gasteiger partial charge in [-0.3, -0.25) is 4.79 Å². The van der Waals surface area contributed by atoms with Crippen molar-refractivity contribution in [3.05, 3.63) is 71.4 Å². The highest BCUT2D eigenvalue weighted by molar-refractivity contribution is 6.01. The zero-order valence-corrected chi connectivity index (χ0v) is 19.3. The number of hydrogen-bond acceptors (Lipinski definition) is 5. The minimum atomic E-state index is -4.46. The third-order valence-electron chi connectivity index (χ3n) is 6.28. The number of carbonyl (C=O) groups is 1. The summed E-state index contributed by atoms with van der Waals surface area (Å²) in [5, 5.41) is 3.06. The SMILES string of the molecule is Cc1cc(F)cc(C(=O)N2CCCC(C)C2CNc2ccc(C(F)(F)F)cn2)c1-c1ncccn1. The number of nitrogens with one attached hydrogen (secondary N) is 1. The van der Waals surface area contributed by atoms with E-state index in [2.05, 4.69) is 20.3 Å². The van der Waals surface area contributed by atoms with Gasteiger partial charge in [0.2, 0.25) is 0 Å². The lowest BCUT2D eigenvalue weighted by molar-refractivity contribution is -0.137. The highest BCUT2D eigenvalue weighted by atomic mass is 19.4. The summed E-state index contributed by atoms with van der Waals surface area (Å²) in [7, 11) is 0. The van der Waals surface area contributed by atoms with Crippen molar-refractivity contribution in [2.75, 3.05) is 18.4 Å². The normalized spacial score (nSPS) is 18.4. The first kappa shape index (κ1) is 24.6. The van der Waals surface area contributed by atoms with Crippen LogP contribution in [0.4, 0.5) is 23.4 Å². The molecule has 3 aromatic rings. The van der Waals surface area contributed by atoms with E-state index in [0.717, 1.165) is 25.1 Å². The average Bonchev–Trinajstić information content (AvgIpc) is 2.82. The molecule has 1 amide bonds. The molecule has 0 radical (unpaired) electrons. The fourth-order valence-corrected chi connectivity index (χ4v) is 4.48. The van der Waals surface area contributed by atoms with E-state index >= 15 is 0 Å². The lowest BCUT2D eigenvalue weighted by atomic mass is 9.89. The van der Waals surface area contributed by atoms with Gasteiger partial charge in [0.25, 0.3) is 5.91 Å². The van der Waals surface area contributed by atoms with Crippen LogP contribution in [0.15, 0.2) is 48.9 Å². The molecular weight excluding hydrogens is 462 g/mol. The van der Waals surface area contributed by atoms with Gasteiger partial charge in [0.05, 0.1) is 17.2 Å². The van der Waals surface area contributed by atoms with E-state index in [1.807, 2.05) is 6.92 Å². The van der Waals surface area contributed by atoms with Crippen LogP contribution in [0.25, 0.3) is 11.4 Å². The molecule has 1 aromatic carbocycles. The molecule has 1 fully saturated rings. The summed E-state index contributed by atoms with van der Waals surface area (Å²) in [6, 6.07) is 6.17. The number of likely N-dealkylation sites (tertiary alicyclic amines) is 1. The summed E-state index contributed by atoms with van der Waals surface area (Å²) < 4.78 is 52.9. The second-order valence-electron chi connectivity index (χ2n) is 8.71. The number of carbonyl (C=O) groups excluding carboxylic acids is 1. The number of pyridine rings is 1. The fraction of sp³-hybridized carbons (Fsp3) is 0.360. The van der Waals surface area contributed by atoms with Gasteiger partial charge in [-0.15, -0.1) is 0 Å². The van der Waals surface area contributed by atoms with Crippen molar-refractivity contribution in [1.29, 1.82) is 0 Å². The van der Waals surface area contributed by atoms with Crippen LogP contribution >= 0.6 is 0 Å². The van der Waals surface area contributed by atoms with Crippen molar-refractivity contribution >= 4 is 11.7 Å². The van der Waals surface area contributed by atoms with E-state index in [0.29, 0.717) is 23.5 Å². The number of benzene rings is 1. The van der Waals surface area contributed by atoms with Crippen LogP contribution in [0.2, 0.25) is 0 Å². The van der Waals surface area contributed by atoms with Gasteiger partial charge >= 0.3 is 6.18 Å². The van der Waals surface area contributed by atoms with Crippen LogP contribution in [0, 0.1) is 18.7 Å². The molecule has 184 valence electrons. The van der Waals surface area contributed by atoms with Gasteiger partial charge in [-0.2, -0.15) is 13.2 Å². The topological polar surface area (TPSA) is 71.0 Å². The lowest BCUT2D eigenvalue weighted by Crippen LogP contribution is -2.51. The van der Waals surface area contributed by atoms with Gasteiger partial charge in [-0.25, -0.2) is 19.3 Å². The maximum atomic E-state index is 14.4. The molecular formula is C25H25F4N5O. The largest absolute Gasteiger partial charge is 0.417 e. The minimum absolute atomic E-state index is 0.112. The maximum absolute atomic E-state index is 14.4. The molecule has 6 nitrogen and oxygen atoms in total. The molecule has 0 spiro atoms. The molecule has 35 heavy (non-hydrogen) atoms. The Bertz CT molecular complexity index is 1180. The second kappa shape index (κ2) is 9.97. The number of hydrogen-bond donors (Lipinski definition) is 1. The van der Waals surface area contributed by atoms with E-state index < -0.39 is 17.6 Å². The van der Waals surface area contributed by atoms with Crippen molar-refractivity contribution in [2.45, 2.75) is 38.9 Å². The standard InChI is InChI=1S/C25H25F4N5O/c1-15-5-3-10-34(20(15)14-33-21-7-6-17(13-32-21)25(27,28)29)24(35)19-12-18(26)11-16(2)22(19)23-30-8-4-9-31-23/h4,6-9,11-13,15,20H,3,5,10,14H2,1-2H3,(H,32,33). The molecule has 2 aromatic heterocycles. The molecule has 1 saturated heterocycles. The van der Waals surface area contributed by atoms with Crippen molar-refractivity contribution in [2.24, 2.45) is 5.92 Å². The molecule has 0 saturated carbocycles. The summed E-state index contributed by atoms with van der Waals surface area (Å²) in [6.07, 6.45) is 1.10. The van der Waals surface area contributed by atoms with Gasteiger partial charge in [0.15, 0.2) is 5.82 Å². The number of aryl methyl sites for hydroxylation is 1. The van der Waals surface area contributed by atoms with E-state index in [1.54, 1.807) is 30.3 Å². The van der Waals surface area contributed by atoms with Gasteiger partial charge in [0, 0.05) is 37.2 Å². The number of halogens is 4. The number of piperidine rings is 1. The molecule has 0 aliphatic carbocycles. The predicted molar refractivity (Wildman–Crippen MR) is 123 cm³/mol. The number of rotatable bonds is 5. The van der Waals surface area contributed by atoms with Gasteiger partial charge < -0.3 is 10.2 Å². The smallest absolute Gasteiger partial charge is 0.368 e. The van der Waals surface area contributed by atoms with Gasteiger partial charge in [-0.05, 0) is 61.6 Å². The number of nitrogens with zero attached hydrogens (tertiary/aromatic N) is 4. The van der Waals surface area contributed by atoms with Crippen LogP contribution in [-0.2, 0) is 6.18 Å². The molecule has 2 atom stereocenters. The Hall–Kier alpha value is -3.56. The fourth-order valence-electron chi connectivity index (χ4n) is 4.48. The van der Waals surface area contributed by atoms with Crippen molar-refractivity contribution < 1.29 is 22.4 Å². The Balaban J connectivity index is 1.60. The number of amides is 1. The van der Waals surface area contributed by atoms with Crippen molar-refractivity contribution in [3.8, 4) is 11.4 Å². The molecule has 2 unspecified atom stereocenters. The summed E-state index contributed by atoms with van der Waals surface area (Å²) >= 11 is 0. The quantitative estimate of drug-likeness (QED) is 0.491. The molecule has 1 aliphatic heterocycles. The summed E-state index contributed by atoms with van der Waals surface area (Å²) in [6.45, 7) is 4.49. The van der Waals surface area contributed by atoms with Gasteiger partial charge in [0.1, 0.15) is 11.6 Å². The third-order valence-corrected chi connectivity index (χ3v) is 6.28. The summed E-state index contributed by atoms with van der Waals surface area (Å²) in [5.74, 6) is -0.140. The monoisotopic (exact) mass is 487 g/mol. The Morgan fingerprint density at radius 1 is 1.17 bits per heavy atom. The van der Waals surface area contributed by atoms with E-state index in [1.165, 1.54) is 18.2 Å². The van der Waals surface area contributed by atoms with Crippen LogP contribution in [0.1, 0.15) is 41.3 Å². The minimum Gasteiger partial charge on any atom is -0.368 e. The summed E-state index contributed by atoms with van der Waals surface area (Å²) in [5.41, 5.74) is 0.378. The Morgan fingerprint density at radius 3 is 2.57 bits per heavy atom. The van der Waals surface area contributed by atoms with Crippen molar-refractivity contribution in [1.82, 2.24) is 19.9 Å². The molecule has 10 heteroatoms. The highest BCUT2D eigenvalue weighted by Gasteiger charge is 2.34. The van der Waals surface area contributed by atoms with E-state index in [-0.39, 0.29) is 35.8 Å². The van der Waals surface area contributed by atoms with Crippen LogP contribution < -0.4 is 5.32 Å². The Kier molecular flexibility index (Phi) is 7.00. The predicted octanol–water partition coefficient (Wildman–Crippen LogP) is 5.36. The first-order valence-corrected chi connectivity index (χ1v) is 11.3. The Labute approximate surface area is 200 Å². The second-order valence-corrected chi connectivity index (χ2v) is 8.71. The number of alkyl halides is 3. The van der Waals surface area contributed by atoms with Crippen LogP contribution in [-0.4, -0.2) is 44.9 Å². The van der Waals surface area contributed by atoms with Crippen molar-refractivity contribution in [3.63, 3.8) is 0 Å². The molecule has 1 aliphatic rings. The van der Waals surface area contributed by atoms with E-state index in [4.69, 9.17) is 0 Å². The zero-order valence-electron chi connectivity index (χ0n) is 19.3. The maximum Gasteiger partial charge on any atom is 0.417 e. The van der Waals surface area contributed by atoms with Gasteiger partial charge in [-0.1, -0.05) is 6.92 Å². The average molecular weight is 488 g/mol. The highest BCUT2D eigenvalue weighted by Crippen LogP contribution is 2.32. The Morgan fingerprint density at radius 2 is 1.91 bits per heavy atom. The number of anilines is 1. The molecule has 4 rings (SSSR count). The molecule has 1 N–H and O–H groups in total. The third kappa shape index (κ3) is 5.41. The van der Waals surface area contributed by atoms with E-state index in [9.17, 15) is 22.4 Å². The lowest BCUT2D eigenvalue weighted by Gasteiger charge is -2.40. The van der Waals surface area contributed by atoms with Crippen LogP contribution in [0.3, 0.4) is 0 Å².